The van der Waals surface area contributed by atoms with E-state index in [4.69, 9.17) is 14.2 Å². The first-order valence-electron chi connectivity index (χ1n) is 10.8. The van der Waals surface area contributed by atoms with Gasteiger partial charge in [-0.15, -0.1) is 0 Å². The first-order valence-corrected chi connectivity index (χ1v) is 10.8. The molecule has 178 valence electrons. The van der Waals surface area contributed by atoms with Gasteiger partial charge in [-0.1, -0.05) is 12.1 Å². The minimum absolute atomic E-state index is 0.0533. The Balaban J connectivity index is 1.66. The van der Waals surface area contributed by atoms with Crippen molar-refractivity contribution in [1.82, 2.24) is 15.1 Å². The van der Waals surface area contributed by atoms with Gasteiger partial charge in [-0.3, -0.25) is 14.5 Å². The van der Waals surface area contributed by atoms with Crippen LogP contribution in [-0.4, -0.2) is 82.7 Å². The number of amides is 2. The summed E-state index contributed by atoms with van der Waals surface area (Å²) in [6.45, 7) is 3.96. The van der Waals surface area contributed by atoms with Crippen LogP contribution in [0.5, 0.6) is 17.2 Å². The lowest BCUT2D eigenvalue weighted by molar-refractivity contribution is -0.136. The number of ether oxygens (including phenoxy) is 3. The van der Waals surface area contributed by atoms with Crippen molar-refractivity contribution in [2.75, 3.05) is 66.4 Å². The molecule has 0 bridgehead atoms. The minimum Gasteiger partial charge on any atom is -0.497 e. The smallest absolute Gasteiger partial charge is 0.313 e. The standard InChI is InChI=1S/C24H32N4O5/c1-27-11-13-28(14-12-27)20(17-5-8-19(31-2)9-6-17)16-25-23(29)24(30)26-18-7-10-21(32-3)22(15-18)33-4/h5-10,15,20H,11-14,16H2,1-4H3,(H,25,29)(H,26,30)/t20-/m1/s1. The first kappa shape index (κ1) is 24.3. The number of carbonyl (C=O) groups is 2. The highest BCUT2D eigenvalue weighted by molar-refractivity contribution is 6.39. The number of anilines is 1. The van der Waals surface area contributed by atoms with Crippen molar-refractivity contribution < 1.29 is 23.8 Å². The second-order valence-corrected chi connectivity index (χ2v) is 7.86. The predicted octanol–water partition coefficient (Wildman–Crippen LogP) is 1.76. The van der Waals surface area contributed by atoms with Crippen molar-refractivity contribution in [3.05, 3.63) is 48.0 Å². The molecule has 2 N–H and O–H groups in total. The molecule has 2 aromatic rings. The molecule has 9 nitrogen and oxygen atoms in total. The summed E-state index contributed by atoms with van der Waals surface area (Å²) in [7, 11) is 6.77. The molecule has 0 unspecified atom stereocenters. The predicted molar refractivity (Wildman–Crippen MR) is 126 cm³/mol. The van der Waals surface area contributed by atoms with Crippen molar-refractivity contribution in [2.24, 2.45) is 0 Å². The molecule has 0 spiro atoms. The lowest BCUT2D eigenvalue weighted by atomic mass is 10.0. The van der Waals surface area contributed by atoms with Gasteiger partial charge in [0.15, 0.2) is 11.5 Å². The number of hydrogen-bond donors (Lipinski definition) is 2. The van der Waals surface area contributed by atoms with Gasteiger partial charge >= 0.3 is 11.8 Å². The molecule has 0 saturated carbocycles. The van der Waals surface area contributed by atoms with Gasteiger partial charge in [0.1, 0.15) is 5.75 Å². The zero-order chi connectivity index (χ0) is 23.8. The number of likely N-dealkylation sites (N-methyl/N-ethyl adjacent to an activating group) is 1. The van der Waals surface area contributed by atoms with E-state index < -0.39 is 11.8 Å². The molecule has 1 atom stereocenters. The number of rotatable bonds is 8. The van der Waals surface area contributed by atoms with Crippen LogP contribution >= 0.6 is 0 Å². The molecule has 2 amide bonds. The Morgan fingerprint density at radius 1 is 0.879 bits per heavy atom. The number of methoxy groups -OCH3 is 3. The van der Waals surface area contributed by atoms with Gasteiger partial charge in [-0.2, -0.15) is 0 Å². The maximum atomic E-state index is 12.6. The monoisotopic (exact) mass is 456 g/mol. The Morgan fingerprint density at radius 2 is 1.55 bits per heavy atom. The molecule has 1 fully saturated rings. The average Bonchev–Trinajstić information content (AvgIpc) is 2.85. The molecule has 3 rings (SSSR count). The van der Waals surface area contributed by atoms with Crippen molar-refractivity contribution in [3.63, 3.8) is 0 Å². The van der Waals surface area contributed by atoms with Gasteiger partial charge in [-0.25, -0.2) is 0 Å². The Labute approximate surface area is 194 Å². The van der Waals surface area contributed by atoms with Crippen LogP contribution in [0.2, 0.25) is 0 Å². The van der Waals surface area contributed by atoms with E-state index in [1.807, 2.05) is 24.3 Å². The van der Waals surface area contributed by atoms with Crippen LogP contribution in [0.1, 0.15) is 11.6 Å². The molecule has 33 heavy (non-hydrogen) atoms. The van der Waals surface area contributed by atoms with Gasteiger partial charge < -0.3 is 29.7 Å². The Morgan fingerprint density at radius 3 is 2.15 bits per heavy atom. The van der Waals surface area contributed by atoms with Gasteiger partial charge in [0.2, 0.25) is 0 Å². The van der Waals surface area contributed by atoms with Crippen LogP contribution < -0.4 is 24.8 Å². The topological polar surface area (TPSA) is 92.4 Å². The molecule has 0 aromatic heterocycles. The number of nitrogens with one attached hydrogen (secondary N) is 2. The summed E-state index contributed by atoms with van der Waals surface area (Å²) in [4.78, 5) is 29.7. The highest BCUT2D eigenvalue weighted by Gasteiger charge is 2.25. The minimum atomic E-state index is -0.742. The summed E-state index contributed by atoms with van der Waals surface area (Å²) in [5.74, 6) is 0.334. The van der Waals surface area contributed by atoms with Crippen molar-refractivity contribution >= 4 is 17.5 Å². The second kappa shape index (κ2) is 11.5. The number of hydrogen-bond acceptors (Lipinski definition) is 7. The summed E-state index contributed by atoms with van der Waals surface area (Å²) in [5.41, 5.74) is 1.50. The fourth-order valence-corrected chi connectivity index (χ4v) is 3.79. The van der Waals surface area contributed by atoms with E-state index in [1.165, 1.54) is 14.2 Å². The molecule has 1 aliphatic heterocycles. The van der Waals surface area contributed by atoms with Gasteiger partial charge in [-0.05, 0) is 36.9 Å². The Kier molecular flexibility index (Phi) is 8.51. The molecular formula is C24H32N4O5. The SMILES string of the molecule is COc1ccc([C@@H](CNC(=O)C(=O)Nc2ccc(OC)c(OC)c2)N2CCN(C)CC2)cc1. The number of piperazine rings is 1. The largest absolute Gasteiger partial charge is 0.497 e. The molecule has 1 aliphatic rings. The van der Waals surface area contributed by atoms with Gasteiger partial charge in [0, 0.05) is 44.5 Å². The quantitative estimate of drug-likeness (QED) is 0.585. The lowest BCUT2D eigenvalue weighted by Crippen LogP contribution is -2.49. The summed E-state index contributed by atoms with van der Waals surface area (Å²) < 4.78 is 15.7. The second-order valence-electron chi connectivity index (χ2n) is 7.86. The normalized spacial score (nSPS) is 15.4. The number of carbonyl (C=O) groups excluding carboxylic acids is 2. The Bertz CT molecular complexity index is 942. The molecular weight excluding hydrogens is 424 g/mol. The summed E-state index contributed by atoms with van der Waals surface area (Å²) in [6, 6.07) is 12.7. The fourth-order valence-electron chi connectivity index (χ4n) is 3.79. The zero-order valence-electron chi connectivity index (χ0n) is 19.6. The van der Waals surface area contributed by atoms with Crippen LogP contribution in [0.3, 0.4) is 0 Å². The van der Waals surface area contributed by atoms with E-state index in [9.17, 15) is 9.59 Å². The van der Waals surface area contributed by atoms with Gasteiger partial charge in [0.25, 0.3) is 0 Å². The summed E-state index contributed by atoms with van der Waals surface area (Å²) in [6.07, 6.45) is 0. The average molecular weight is 457 g/mol. The molecule has 1 heterocycles. The molecule has 0 radical (unpaired) electrons. The van der Waals surface area contributed by atoms with E-state index in [0.717, 1.165) is 37.5 Å². The van der Waals surface area contributed by atoms with Crippen molar-refractivity contribution in [2.45, 2.75) is 6.04 Å². The maximum Gasteiger partial charge on any atom is 0.313 e. The maximum absolute atomic E-state index is 12.6. The summed E-state index contributed by atoms with van der Waals surface area (Å²) in [5, 5.41) is 5.40. The fraction of sp³-hybridized carbons (Fsp3) is 0.417. The highest BCUT2D eigenvalue weighted by Crippen LogP contribution is 2.29. The van der Waals surface area contributed by atoms with Crippen molar-refractivity contribution in [3.8, 4) is 17.2 Å². The lowest BCUT2D eigenvalue weighted by Gasteiger charge is -2.38. The van der Waals surface area contributed by atoms with E-state index in [-0.39, 0.29) is 6.04 Å². The van der Waals surface area contributed by atoms with E-state index in [0.29, 0.717) is 23.7 Å². The van der Waals surface area contributed by atoms with Crippen LogP contribution in [0.25, 0.3) is 0 Å². The number of benzene rings is 2. The Hall–Kier alpha value is -3.30. The highest BCUT2D eigenvalue weighted by atomic mass is 16.5. The molecule has 2 aromatic carbocycles. The van der Waals surface area contributed by atoms with E-state index in [2.05, 4.69) is 27.5 Å². The zero-order valence-corrected chi connectivity index (χ0v) is 19.6. The summed E-state index contributed by atoms with van der Waals surface area (Å²) >= 11 is 0. The van der Waals surface area contributed by atoms with Crippen LogP contribution in [0.4, 0.5) is 5.69 Å². The van der Waals surface area contributed by atoms with E-state index in [1.54, 1.807) is 25.3 Å². The van der Waals surface area contributed by atoms with Crippen LogP contribution in [0.15, 0.2) is 42.5 Å². The third kappa shape index (κ3) is 6.36. The molecule has 1 saturated heterocycles. The van der Waals surface area contributed by atoms with E-state index >= 15 is 0 Å². The van der Waals surface area contributed by atoms with Crippen molar-refractivity contribution in [1.29, 1.82) is 0 Å². The third-order valence-electron chi connectivity index (χ3n) is 5.78. The van der Waals surface area contributed by atoms with Crippen LogP contribution in [-0.2, 0) is 9.59 Å². The first-order chi connectivity index (χ1) is 15.9. The van der Waals surface area contributed by atoms with Gasteiger partial charge in [0.05, 0.1) is 27.4 Å². The molecule has 9 heteroatoms. The van der Waals surface area contributed by atoms with Crippen LogP contribution in [0, 0.1) is 0 Å². The number of nitrogens with zero attached hydrogens (tertiary/aromatic N) is 2. The molecule has 0 aliphatic carbocycles. The third-order valence-corrected chi connectivity index (χ3v) is 5.78.